The number of aromatic nitrogens is 1. The number of rotatable bonds is 9. The largest absolute Gasteiger partial charge is 0.454 e. The van der Waals surface area contributed by atoms with E-state index in [0.717, 1.165) is 72.8 Å². The van der Waals surface area contributed by atoms with Gasteiger partial charge in [0.25, 0.3) is 0 Å². The zero-order valence-electron chi connectivity index (χ0n) is 37.1. The number of nitrogens with zero attached hydrogens (tertiary/aromatic N) is 3. The van der Waals surface area contributed by atoms with Crippen LogP contribution in [0.1, 0.15) is 0 Å². The van der Waals surface area contributed by atoms with E-state index in [0.29, 0.717) is 0 Å². The first-order valence-electron chi connectivity index (χ1n) is 23.2. The Balaban J connectivity index is 0.933. The van der Waals surface area contributed by atoms with E-state index in [4.69, 9.17) is 4.42 Å². The Bertz CT molecular complexity index is 3950. The Labute approximate surface area is 394 Å². The van der Waals surface area contributed by atoms with E-state index in [-0.39, 0.29) is 0 Å². The molecule has 0 amide bonds. The molecule has 0 aliphatic heterocycles. The predicted molar refractivity (Wildman–Crippen MR) is 286 cm³/mol. The van der Waals surface area contributed by atoms with Crippen molar-refractivity contribution in [3.05, 3.63) is 261 Å². The van der Waals surface area contributed by atoms with E-state index in [1.807, 2.05) is 12.1 Å². The van der Waals surface area contributed by atoms with Crippen molar-refractivity contribution in [2.24, 2.45) is 0 Å². The van der Waals surface area contributed by atoms with Gasteiger partial charge in [0.1, 0.15) is 5.58 Å². The summed E-state index contributed by atoms with van der Waals surface area (Å²) < 4.78 is 9.04. The van der Waals surface area contributed by atoms with Crippen molar-refractivity contribution in [2.45, 2.75) is 0 Å². The smallest absolute Gasteiger partial charge is 0.159 e. The lowest BCUT2D eigenvalue weighted by Crippen LogP contribution is -2.11. The first-order valence-corrected chi connectivity index (χ1v) is 23.2. The number of benzene rings is 11. The molecule has 320 valence electrons. The van der Waals surface area contributed by atoms with Crippen LogP contribution < -0.4 is 9.80 Å². The minimum absolute atomic E-state index is 0.857. The number of fused-ring (bicyclic) bond motifs is 7. The summed E-state index contributed by atoms with van der Waals surface area (Å²) in [4.78, 5) is 4.72. The predicted octanol–water partition coefficient (Wildman–Crippen LogP) is 18.1. The molecule has 0 radical (unpaired) electrons. The zero-order valence-corrected chi connectivity index (χ0v) is 37.1. The maximum atomic E-state index is 6.65. The highest BCUT2D eigenvalue weighted by atomic mass is 16.3. The lowest BCUT2D eigenvalue weighted by molar-refractivity contribution is 0.669. The van der Waals surface area contributed by atoms with E-state index in [1.165, 1.54) is 43.8 Å². The van der Waals surface area contributed by atoms with Crippen LogP contribution in [0.3, 0.4) is 0 Å². The highest BCUT2D eigenvalue weighted by molar-refractivity contribution is 6.12. The molecular formula is C64H43N3O. The van der Waals surface area contributed by atoms with Gasteiger partial charge in [-0.05, 0) is 113 Å². The Kier molecular flexibility index (Phi) is 9.47. The van der Waals surface area contributed by atoms with Crippen LogP contribution in [0.5, 0.6) is 0 Å². The second-order valence-electron chi connectivity index (χ2n) is 17.3. The second kappa shape index (κ2) is 16.4. The lowest BCUT2D eigenvalue weighted by atomic mass is 9.96. The summed E-state index contributed by atoms with van der Waals surface area (Å²) in [5, 5.41) is 7.01. The van der Waals surface area contributed by atoms with Gasteiger partial charge in [0.05, 0.1) is 22.4 Å². The molecule has 68 heavy (non-hydrogen) atoms. The third-order valence-electron chi connectivity index (χ3n) is 13.4. The van der Waals surface area contributed by atoms with Gasteiger partial charge in [-0.15, -0.1) is 0 Å². The van der Waals surface area contributed by atoms with Crippen LogP contribution >= 0.6 is 0 Å². The molecule has 0 saturated carbocycles. The molecule has 0 aliphatic carbocycles. The zero-order chi connectivity index (χ0) is 45.0. The Hall–Kier alpha value is -9.12. The second-order valence-corrected chi connectivity index (χ2v) is 17.3. The van der Waals surface area contributed by atoms with Gasteiger partial charge in [-0.25, -0.2) is 0 Å². The topological polar surface area (TPSA) is 24.6 Å². The van der Waals surface area contributed by atoms with Gasteiger partial charge in [-0.2, -0.15) is 0 Å². The molecule has 0 spiro atoms. The fourth-order valence-electron chi connectivity index (χ4n) is 10.2. The average Bonchev–Trinajstić information content (AvgIpc) is 3.96. The van der Waals surface area contributed by atoms with Crippen molar-refractivity contribution in [2.75, 3.05) is 9.80 Å². The molecule has 2 aromatic heterocycles. The first kappa shape index (κ1) is 39.3. The molecule has 0 fully saturated rings. The maximum absolute atomic E-state index is 6.65. The molecule has 4 nitrogen and oxygen atoms in total. The van der Waals surface area contributed by atoms with E-state index in [1.54, 1.807) is 0 Å². The molecule has 0 atom stereocenters. The summed E-state index contributed by atoms with van der Waals surface area (Å²) in [7, 11) is 0. The number of furan rings is 1. The third kappa shape index (κ3) is 6.61. The van der Waals surface area contributed by atoms with Gasteiger partial charge in [-0.3, -0.25) is 0 Å². The first-order chi connectivity index (χ1) is 33.7. The standard InChI is InChI=1S/C64H43N3O/c1-4-17-44(18-5-1)45-31-35-49(36-32-45)65(61-29-16-27-58-57-26-13-15-30-63(57)68-64(58)61)50-37-33-46(34-38-50)52-41-42-60(54-24-11-10-23-53(52)54)66(47-19-6-2-7-20-47)51-39-40-56-55-25-12-14-28-59(55)67(62(56)43-51)48-21-8-3-9-22-48/h1-43H. The number of hydrogen-bond acceptors (Lipinski definition) is 3. The molecule has 0 saturated heterocycles. The van der Waals surface area contributed by atoms with Crippen molar-refractivity contribution in [3.63, 3.8) is 0 Å². The van der Waals surface area contributed by atoms with Crippen molar-refractivity contribution in [1.82, 2.24) is 4.57 Å². The van der Waals surface area contributed by atoms with Crippen molar-refractivity contribution in [1.29, 1.82) is 0 Å². The summed E-state index contributed by atoms with van der Waals surface area (Å²) in [6.07, 6.45) is 0. The van der Waals surface area contributed by atoms with Crippen LogP contribution in [0.15, 0.2) is 265 Å². The Morgan fingerprint density at radius 3 is 1.57 bits per heavy atom. The maximum Gasteiger partial charge on any atom is 0.159 e. The monoisotopic (exact) mass is 869 g/mol. The van der Waals surface area contributed by atoms with Crippen LogP contribution in [0.2, 0.25) is 0 Å². The summed E-state index contributed by atoms with van der Waals surface area (Å²) in [6, 6.07) is 93.5. The highest BCUT2D eigenvalue weighted by Gasteiger charge is 2.22. The fraction of sp³-hybridized carbons (Fsp3) is 0. The summed E-state index contributed by atoms with van der Waals surface area (Å²) in [5.41, 5.74) is 16.2. The van der Waals surface area contributed by atoms with Gasteiger partial charge in [-0.1, -0.05) is 176 Å². The molecule has 0 aliphatic rings. The van der Waals surface area contributed by atoms with Crippen LogP contribution in [0.4, 0.5) is 34.1 Å². The van der Waals surface area contributed by atoms with E-state index >= 15 is 0 Å². The van der Waals surface area contributed by atoms with Crippen LogP contribution in [0.25, 0.3) is 82.5 Å². The van der Waals surface area contributed by atoms with Gasteiger partial charge >= 0.3 is 0 Å². The Morgan fingerprint density at radius 2 is 0.824 bits per heavy atom. The molecule has 2 heterocycles. The molecule has 0 bridgehead atoms. The Morgan fingerprint density at radius 1 is 0.294 bits per heavy atom. The van der Waals surface area contributed by atoms with Crippen molar-refractivity contribution >= 4 is 88.6 Å². The van der Waals surface area contributed by atoms with E-state index < -0.39 is 0 Å². The molecule has 0 unspecified atom stereocenters. The quantitative estimate of drug-likeness (QED) is 0.144. The molecule has 13 aromatic rings. The van der Waals surface area contributed by atoms with Gasteiger partial charge in [0.2, 0.25) is 0 Å². The summed E-state index contributed by atoms with van der Waals surface area (Å²) in [5.74, 6) is 0. The SMILES string of the molecule is c1ccc(-c2ccc(N(c3ccc(-c4ccc(N(c5ccccc5)c5ccc6c7ccccc7n(-c7ccccc7)c6c5)c5ccccc45)cc3)c3cccc4c3oc3ccccc34)cc2)cc1. The molecule has 0 N–H and O–H groups in total. The third-order valence-corrected chi connectivity index (χ3v) is 13.4. The molecule has 11 aromatic carbocycles. The number of para-hydroxylation sites is 5. The van der Waals surface area contributed by atoms with Crippen LogP contribution in [0, 0.1) is 0 Å². The lowest BCUT2D eigenvalue weighted by Gasteiger charge is -2.28. The van der Waals surface area contributed by atoms with E-state index in [2.05, 4.69) is 263 Å². The van der Waals surface area contributed by atoms with Crippen molar-refractivity contribution in [3.8, 4) is 27.9 Å². The van der Waals surface area contributed by atoms with Gasteiger partial charge in [0.15, 0.2) is 5.58 Å². The highest BCUT2D eigenvalue weighted by Crippen LogP contribution is 2.46. The minimum atomic E-state index is 0.857. The van der Waals surface area contributed by atoms with Crippen LogP contribution in [-0.4, -0.2) is 4.57 Å². The summed E-state index contributed by atoms with van der Waals surface area (Å²) in [6.45, 7) is 0. The van der Waals surface area contributed by atoms with Crippen molar-refractivity contribution < 1.29 is 4.42 Å². The molecule has 13 rings (SSSR count). The van der Waals surface area contributed by atoms with Gasteiger partial charge < -0.3 is 18.8 Å². The number of hydrogen-bond donors (Lipinski definition) is 0. The normalized spacial score (nSPS) is 11.5. The fourth-order valence-corrected chi connectivity index (χ4v) is 10.2. The van der Waals surface area contributed by atoms with Gasteiger partial charge in [0, 0.05) is 55.4 Å². The molecular weight excluding hydrogens is 827 g/mol. The molecule has 4 heteroatoms. The summed E-state index contributed by atoms with van der Waals surface area (Å²) >= 11 is 0. The average molecular weight is 870 g/mol. The van der Waals surface area contributed by atoms with Crippen LogP contribution in [-0.2, 0) is 0 Å². The number of anilines is 6. The van der Waals surface area contributed by atoms with E-state index in [9.17, 15) is 0 Å². The minimum Gasteiger partial charge on any atom is -0.454 e.